The van der Waals surface area contributed by atoms with Crippen molar-refractivity contribution in [2.75, 3.05) is 0 Å². The van der Waals surface area contributed by atoms with E-state index >= 15 is 0 Å². The number of halogens is 10. The van der Waals surface area contributed by atoms with E-state index in [-0.39, 0.29) is 4.08 Å². The van der Waals surface area contributed by atoms with E-state index in [0.717, 1.165) is 22.6 Å². The Labute approximate surface area is 96.6 Å². The first-order valence-corrected chi connectivity index (χ1v) is 4.54. The molecule has 0 amide bonds. The average molecular weight is 372 g/mol. The number of rotatable bonds is 2. The van der Waals surface area contributed by atoms with Gasteiger partial charge in [-0.25, -0.2) is 4.39 Å². The van der Waals surface area contributed by atoms with Gasteiger partial charge in [-0.1, -0.05) is 22.6 Å². The van der Waals surface area contributed by atoms with Crippen LogP contribution in [-0.4, -0.2) is 23.9 Å². The van der Waals surface area contributed by atoms with Gasteiger partial charge in [0.15, 0.2) is 0 Å². The first-order chi connectivity index (χ1) is 6.81. The Kier molecular flexibility index (Phi) is 4.21. The second-order valence-electron chi connectivity index (χ2n) is 2.57. The van der Waals surface area contributed by atoms with Crippen molar-refractivity contribution in [3.63, 3.8) is 0 Å². The zero-order chi connectivity index (χ0) is 13.4. The molecule has 0 N–H and O–H groups in total. The van der Waals surface area contributed by atoms with Crippen molar-refractivity contribution in [3.8, 4) is 0 Å². The summed E-state index contributed by atoms with van der Waals surface area (Å²) < 4.78 is 108. The molecule has 0 nitrogen and oxygen atoms in total. The van der Waals surface area contributed by atoms with Crippen molar-refractivity contribution in [2.24, 2.45) is 0 Å². The Bertz CT molecular complexity index is 275. The summed E-state index contributed by atoms with van der Waals surface area (Å²) in [6.45, 7) is 0. The molecular formula is C6H2F9I. The summed E-state index contributed by atoms with van der Waals surface area (Å²) in [6, 6.07) is 0. The van der Waals surface area contributed by atoms with Crippen LogP contribution in [-0.2, 0) is 0 Å². The molecule has 10 heteroatoms. The van der Waals surface area contributed by atoms with Crippen LogP contribution in [0, 0.1) is 0 Å². The number of hydrogen-bond donors (Lipinski definition) is 0. The van der Waals surface area contributed by atoms with Crippen molar-refractivity contribution in [1.82, 2.24) is 0 Å². The van der Waals surface area contributed by atoms with Gasteiger partial charge in [-0.05, 0) is 10.2 Å². The Morgan fingerprint density at radius 2 is 1.06 bits per heavy atom. The molecule has 0 aromatic carbocycles. The molecule has 0 bridgehead atoms. The minimum absolute atomic E-state index is 0.102. The standard InChI is InChI=1S/C6H2F9I/c7-3(1-2-16,5(10,11)12)4(8,9)6(13,14)15/h1-2H/b2-1+. The number of alkyl halides is 9. The van der Waals surface area contributed by atoms with Crippen LogP contribution in [0.15, 0.2) is 10.2 Å². The lowest BCUT2D eigenvalue weighted by Crippen LogP contribution is -2.60. The van der Waals surface area contributed by atoms with E-state index in [1.807, 2.05) is 0 Å². The predicted molar refractivity (Wildman–Crippen MR) is 44.1 cm³/mol. The molecule has 0 heterocycles. The quantitative estimate of drug-likeness (QED) is 0.498. The first kappa shape index (κ1) is 15.8. The molecule has 0 aliphatic heterocycles. The highest BCUT2D eigenvalue weighted by atomic mass is 127. The SMILES string of the molecule is FC(F)(F)C(F)(F)C(F)(/C=C/I)C(F)(F)F. The molecule has 0 saturated carbocycles. The molecule has 1 atom stereocenters. The molecule has 0 aliphatic carbocycles. The van der Waals surface area contributed by atoms with E-state index < -0.39 is 30.0 Å². The van der Waals surface area contributed by atoms with Crippen LogP contribution < -0.4 is 0 Å². The summed E-state index contributed by atoms with van der Waals surface area (Å²) in [5.74, 6) is -6.56. The summed E-state index contributed by atoms with van der Waals surface area (Å²) in [5, 5.41) is 0. The Morgan fingerprint density at radius 1 is 0.688 bits per heavy atom. The molecule has 0 fully saturated rings. The lowest BCUT2D eigenvalue weighted by Gasteiger charge is -2.33. The van der Waals surface area contributed by atoms with E-state index in [2.05, 4.69) is 0 Å². The van der Waals surface area contributed by atoms with E-state index in [1.165, 1.54) is 0 Å². The fourth-order valence-electron chi connectivity index (χ4n) is 0.670. The van der Waals surface area contributed by atoms with Gasteiger partial charge in [-0.2, -0.15) is 35.1 Å². The molecule has 1 unspecified atom stereocenters. The largest absolute Gasteiger partial charge is 0.457 e. The number of hydrogen-bond acceptors (Lipinski definition) is 0. The van der Waals surface area contributed by atoms with Gasteiger partial charge in [0.25, 0.3) is 5.67 Å². The molecule has 0 saturated heterocycles. The normalized spacial score (nSPS) is 18.9. The highest BCUT2D eigenvalue weighted by Crippen LogP contribution is 2.53. The third-order valence-corrected chi connectivity index (χ3v) is 1.88. The van der Waals surface area contributed by atoms with Crippen molar-refractivity contribution < 1.29 is 39.5 Å². The summed E-state index contributed by atoms with van der Waals surface area (Å²) in [7, 11) is 0. The molecule has 0 aromatic rings. The smallest absolute Gasteiger partial charge is 0.222 e. The number of allylic oxidation sites excluding steroid dienone is 1. The van der Waals surface area contributed by atoms with Crippen LogP contribution in [0.4, 0.5) is 39.5 Å². The minimum atomic E-state index is -6.65. The van der Waals surface area contributed by atoms with E-state index in [4.69, 9.17) is 0 Å². The predicted octanol–water partition coefficient (Wildman–Crippen LogP) is 4.40. The minimum Gasteiger partial charge on any atom is -0.222 e. The van der Waals surface area contributed by atoms with E-state index in [1.54, 1.807) is 0 Å². The van der Waals surface area contributed by atoms with Gasteiger partial charge in [-0.15, -0.1) is 0 Å². The molecule has 0 radical (unpaired) electrons. The fourth-order valence-corrected chi connectivity index (χ4v) is 1.17. The summed E-state index contributed by atoms with van der Waals surface area (Å²) in [5.41, 5.74) is -5.78. The third-order valence-electron chi connectivity index (χ3n) is 1.52. The van der Waals surface area contributed by atoms with Gasteiger partial charge >= 0.3 is 18.3 Å². The van der Waals surface area contributed by atoms with Crippen molar-refractivity contribution >= 4 is 22.6 Å². The Hall–Kier alpha value is -0.160. The molecule has 0 spiro atoms. The maximum absolute atomic E-state index is 12.9. The van der Waals surface area contributed by atoms with Crippen molar-refractivity contribution in [3.05, 3.63) is 10.2 Å². The first-order valence-electron chi connectivity index (χ1n) is 3.29. The molecule has 0 aliphatic rings. The second-order valence-corrected chi connectivity index (χ2v) is 3.29. The van der Waals surface area contributed by atoms with Crippen molar-refractivity contribution in [2.45, 2.75) is 23.9 Å². The monoisotopic (exact) mass is 372 g/mol. The van der Waals surface area contributed by atoms with Gasteiger partial charge in [0.1, 0.15) is 0 Å². The summed E-state index contributed by atoms with van der Waals surface area (Å²) >= 11 is 0.900. The fraction of sp³-hybridized carbons (Fsp3) is 0.667. The van der Waals surface area contributed by atoms with Crippen LogP contribution in [0.5, 0.6) is 0 Å². The van der Waals surface area contributed by atoms with Gasteiger partial charge in [-0.3, -0.25) is 0 Å². The highest BCUT2D eigenvalue weighted by molar-refractivity contribution is 14.1. The third kappa shape index (κ3) is 2.40. The molecular weight excluding hydrogens is 370 g/mol. The lowest BCUT2D eigenvalue weighted by molar-refractivity contribution is -0.369. The zero-order valence-electron chi connectivity index (χ0n) is 6.93. The Balaban J connectivity index is 5.74. The average Bonchev–Trinajstić information content (AvgIpc) is 1.99. The molecule has 0 aromatic heterocycles. The van der Waals surface area contributed by atoms with Crippen molar-refractivity contribution in [1.29, 1.82) is 0 Å². The summed E-state index contributed by atoms with van der Waals surface area (Å²) in [4.78, 5) is 0. The van der Waals surface area contributed by atoms with Crippen LogP contribution in [0.1, 0.15) is 0 Å². The van der Waals surface area contributed by atoms with Crippen LogP contribution >= 0.6 is 22.6 Å². The maximum atomic E-state index is 12.9. The van der Waals surface area contributed by atoms with Gasteiger partial charge in [0.05, 0.1) is 0 Å². The topological polar surface area (TPSA) is 0 Å². The molecule has 96 valence electrons. The highest BCUT2D eigenvalue weighted by Gasteiger charge is 2.80. The van der Waals surface area contributed by atoms with Crippen LogP contribution in [0.3, 0.4) is 0 Å². The zero-order valence-corrected chi connectivity index (χ0v) is 9.09. The van der Waals surface area contributed by atoms with Gasteiger partial charge in [0, 0.05) is 0 Å². The van der Waals surface area contributed by atoms with Gasteiger partial charge < -0.3 is 0 Å². The van der Waals surface area contributed by atoms with Crippen LogP contribution in [0.25, 0.3) is 0 Å². The van der Waals surface area contributed by atoms with E-state index in [9.17, 15) is 39.5 Å². The second kappa shape index (κ2) is 4.26. The lowest BCUT2D eigenvalue weighted by atomic mass is 9.96. The van der Waals surface area contributed by atoms with Crippen LogP contribution in [0.2, 0.25) is 0 Å². The summed E-state index contributed by atoms with van der Waals surface area (Å²) in [6.07, 6.45) is -13.9. The maximum Gasteiger partial charge on any atom is 0.457 e. The molecule has 16 heavy (non-hydrogen) atoms. The van der Waals surface area contributed by atoms with E-state index in [0.29, 0.717) is 0 Å². The molecule has 0 rings (SSSR count). The Morgan fingerprint density at radius 3 is 1.25 bits per heavy atom. The van der Waals surface area contributed by atoms with Gasteiger partial charge in [0.2, 0.25) is 0 Å².